The minimum absolute atomic E-state index is 1.88. The largest absolute Gasteiger partial charge is 0.379 e. The zero-order chi connectivity index (χ0) is 6.28. The summed E-state index contributed by atoms with van der Waals surface area (Å²) in [6.45, 7) is -3.67. The van der Waals surface area contributed by atoms with Crippen molar-refractivity contribution in [3.8, 4) is 0 Å². The molecular weight excluding hydrogens is 107 g/mol. The highest BCUT2D eigenvalue weighted by atomic mass is 19.4. The monoisotopic (exact) mass is 115 g/mol. The minimum atomic E-state index is -3.67. The van der Waals surface area contributed by atoms with Gasteiger partial charge in [-0.25, -0.2) is 0 Å². The second-order valence-electron chi connectivity index (χ2n) is 0.747. The molecule has 0 unspecified atom stereocenters. The lowest BCUT2D eigenvalue weighted by Crippen LogP contribution is -1.89. The molecule has 0 aromatic carbocycles. The number of alkyl halides is 3. The predicted molar refractivity (Wildman–Crippen MR) is 22.1 cm³/mol. The maximum absolute atomic E-state index is 9.67. The summed E-state index contributed by atoms with van der Waals surface area (Å²) in [5.74, 6) is 0. The molecule has 1 nitrogen and oxygen atoms in total. The van der Waals surface area contributed by atoms with Gasteiger partial charge < -0.3 is 5.32 Å². The molecule has 0 spiro atoms. The molecule has 4 heteroatoms. The highest BCUT2D eigenvalue weighted by Crippen LogP contribution is 1.87. The van der Waals surface area contributed by atoms with Crippen molar-refractivity contribution < 1.29 is 13.2 Å². The lowest BCUT2D eigenvalue weighted by molar-refractivity contribution is 0.00819. The third-order valence-corrected chi connectivity index (χ3v) is 0. The standard InChI is InChI=1S/C2H7N.CHF3/c1-3-2;2-1(3)4/h3H,1-2H3;1H. The van der Waals surface area contributed by atoms with Crippen LogP contribution in [0.3, 0.4) is 0 Å². The molecule has 0 aliphatic carbocycles. The lowest BCUT2D eigenvalue weighted by atomic mass is 11.3. The van der Waals surface area contributed by atoms with E-state index in [0.717, 1.165) is 0 Å². The fraction of sp³-hybridized carbons (Fsp3) is 1.00. The van der Waals surface area contributed by atoms with E-state index in [2.05, 4.69) is 5.32 Å². The van der Waals surface area contributed by atoms with E-state index in [-0.39, 0.29) is 0 Å². The van der Waals surface area contributed by atoms with Crippen LogP contribution in [0.25, 0.3) is 0 Å². The fourth-order valence-electron chi connectivity index (χ4n) is 0. The Morgan fingerprint density at radius 3 is 1.14 bits per heavy atom. The molecule has 0 atom stereocenters. The molecule has 0 heterocycles. The highest BCUT2D eigenvalue weighted by Gasteiger charge is 1.86. The summed E-state index contributed by atoms with van der Waals surface area (Å²) in [5.41, 5.74) is 0. The van der Waals surface area contributed by atoms with Crippen LogP contribution in [0.15, 0.2) is 0 Å². The van der Waals surface area contributed by atoms with E-state index in [4.69, 9.17) is 0 Å². The van der Waals surface area contributed by atoms with Crippen LogP contribution in [-0.4, -0.2) is 20.8 Å². The predicted octanol–water partition coefficient (Wildman–Crippen LogP) is 1.01. The molecule has 1 N–H and O–H groups in total. The summed E-state index contributed by atoms with van der Waals surface area (Å²) in [7, 11) is 3.75. The normalized spacial score (nSPS) is 7.71. The molecule has 0 rings (SSSR count). The van der Waals surface area contributed by atoms with Gasteiger partial charge in [0.05, 0.1) is 0 Å². The van der Waals surface area contributed by atoms with Gasteiger partial charge in [0.2, 0.25) is 0 Å². The number of hydrogen-bond acceptors (Lipinski definition) is 1. The number of hydrogen-bond donors (Lipinski definition) is 1. The second kappa shape index (κ2) is 9.23. The molecule has 7 heavy (non-hydrogen) atoms. The lowest BCUT2D eigenvalue weighted by Gasteiger charge is -1.65. The maximum atomic E-state index is 9.67. The fourth-order valence-corrected chi connectivity index (χ4v) is 0. The number of halogens is 3. The first kappa shape index (κ1) is 9.89. The molecule has 0 aliphatic heterocycles. The van der Waals surface area contributed by atoms with Crippen LogP contribution in [0.2, 0.25) is 0 Å². The Morgan fingerprint density at radius 1 is 1.14 bits per heavy atom. The molecule has 0 aromatic rings. The summed E-state index contributed by atoms with van der Waals surface area (Å²) in [6, 6.07) is 0. The van der Waals surface area contributed by atoms with Crippen molar-refractivity contribution in [3.05, 3.63) is 0 Å². The molecular formula is C3H8F3N. The van der Waals surface area contributed by atoms with Crippen LogP contribution in [0.4, 0.5) is 13.2 Å². The quantitative estimate of drug-likeness (QED) is 0.497. The van der Waals surface area contributed by atoms with Crippen LogP contribution < -0.4 is 5.32 Å². The zero-order valence-electron chi connectivity index (χ0n) is 4.21. The summed E-state index contributed by atoms with van der Waals surface area (Å²) in [5, 5.41) is 2.75. The zero-order valence-corrected chi connectivity index (χ0v) is 4.21. The van der Waals surface area contributed by atoms with Gasteiger partial charge in [-0.1, -0.05) is 0 Å². The van der Waals surface area contributed by atoms with Gasteiger partial charge in [0.15, 0.2) is 0 Å². The van der Waals surface area contributed by atoms with Crippen molar-refractivity contribution in [2.45, 2.75) is 6.68 Å². The Hall–Kier alpha value is -0.250. The van der Waals surface area contributed by atoms with Crippen molar-refractivity contribution in [1.29, 1.82) is 0 Å². The Balaban J connectivity index is 0. The molecule has 0 fully saturated rings. The topological polar surface area (TPSA) is 12.0 Å². The van der Waals surface area contributed by atoms with Crippen LogP contribution in [0, 0.1) is 0 Å². The average Bonchev–Trinajstić information content (AvgIpc) is 1.33. The SMILES string of the molecule is CNC.FC(F)F. The first-order valence-electron chi connectivity index (χ1n) is 1.65. The van der Waals surface area contributed by atoms with Crippen LogP contribution in [-0.2, 0) is 0 Å². The molecule has 0 radical (unpaired) electrons. The van der Waals surface area contributed by atoms with Gasteiger partial charge in [-0.15, -0.1) is 0 Å². The Labute approximate surface area is 40.5 Å². The molecule has 0 saturated heterocycles. The molecule has 46 valence electrons. The summed E-state index contributed by atoms with van der Waals surface area (Å²) >= 11 is 0. The van der Waals surface area contributed by atoms with E-state index in [1.54, 1.807) is 0 Å². The van der Waals surface area contributed by atoms with Crippen molar-refractivity contribution in [2.24, 2.45) is 0 Å². The van der Waals surface area contributed by atoms with Crippen molar-refractivity contribution >= 4 is 0 Å². The van der Waals surface area contributed by atoms with Gasteiger partial charge in [-0.2, -0.15) is 13.2 Å². The smallest absolute Gasteiger partial charge is 0.323 e. The molecule has 0 saturated carbocycles. The number of nitrogens with one attached hydrogen (secondary N) is 1. The second-order valence-corrected chi connectivity index (χ2v) is 0.747. The van der Waals surface area contributed by atoms with Gasteiger partial charge >= 0.3 is 6.68 Å². The molecule has 0 aromatic heterocycles. The van der Waals surface area contributed by atoms with E-state index in [1.807, 2.05) is 14.1 Å². The van der Waals surface area contributed by atoms with Gasteiger partial charge in [0.1, 0.15) is 0 Å². The van der Waals surface area contributed by atoms with E-state index in [0.29, 0.717) is 0 Å². The van der Waals surface area contributed by atoms with Crippen LogP contribution in [0.5, 0.6) is 0 Å². The van der Waals surface area contributed by atoms with E-state index in [1.165, 1.54) is 0 Å². The van der Waals surface area contributed by atoms with Crippen molar-refractivity contribution in [1.82, 2.24) is 5.32 Å². The van der Waals surface area contributed by atoms with Gasteiger partial charge in [0.25, 0.3) is 0 Å². The maximum Gasteiger partial charge on any atom is 0.379 e. The Kier molecular flexibility index (Phi) is 13.0. The minimum Gasteiger partial charge on any atom is -0.323 e. The van der Waals surface area contributed by atoms with Crippen LogP contribution in [0.1, 0.15) is 0 Å². The summed E-state index contributed by atoms with van der Waals surface area (Å²) in [4.78, 5) is 0. The van der Waals surface area contributed by atoms with E-state index in [9.17, 15) is 13.2 Å². The Bertz CT molecular complexity index is 21.4. The van der Waals surface area contributed by atoms with Crippen molar-refractivity contribution in [2.75, 3.05) is 14.1 Å². The van der Waals surface area contributed by atoms with E-state index < -0.39 is 6.68 Å². The number of rotatable bonds is 0. The third kappa shape index (κ3) is 1290. The summed E-state index contributed by atoms with van der Waals surface area (Å²) in [6.07, 6.45) is 0. The van der Waals surface area contributed by atoms with Crippen molar-refractivity contribution in [3.63, 3.8) is 0 Å². The summed E-state index contributed by atoms with van der Waals surface area (Å²) < 4.78 is 29.0. The highest BCUT2D eigenvalue weighted by molar-refractivity contribution is 3.91. The van der Waals surface area contributed by atoms with Gasteiger partial charge in [-0.05, 0) is 14.1 Å². The average molecular weight is 115 g/mol. The first-order chi connectivity index (χ1) is 3.15. The molecule has 0 bridgehead atoms. The molecule has 0 aliphatic rings. The Morgan fingerprint density at radius 2 is 1.14 bits per heavy atom. The van der Waals surface area contributed by atoms with Crippen LogP contribution >= 0.6 is 0 Å². The van der Waals surface area contributed by atoms with Gasteiger partial charge in [-0.3, -0.25) is 0 Å². The van der Waals surface area contributed by atoms with E-state index >= 15 is 0 Å². The molecule has 0 amide bonds. The first-order valence-corrected chi connectivity index (χ1v) is 1.65. The van der Waals surface area contributed by atoms with Gasteiger partial charge in [0, 0.05) is 0 Å². The third-order valence-electron chi connectivity index (χ3n) is 0.